The maximum Gasteiger partial charge on any atom is 0.224 e. The zero-order chi connectivity index (χ0) is 14.7. The minimum absolute atomic E-state index is 0.431. The molecule has 2 aromatic rings. The van der Waals surface area contributed by atoms with E-state index in [0.29, 0.717) is 30.0 Å². The number of aromatic nitrogens is 2. The lowest BCUT2D eigenvalue weighted by molar-refractivity contribution is 0.339. The summed E-state index contributed by atoms with van der Waals surface area (Å²) >= 11 is 0. The van der Waals surface area contributed by atoms with Crippen molar-refractivity contribution in [3.63, 3.8) is 0 Å². The van der Waals surface area contributed by atoms with Crippen molar-refractivity contribution in [1.29, 1.82) is 0 Å². The second kappa shape index (κ2) is 5.97. The average Bonchev–Trinajstić information content (AvgIpc) is 3.34. The Kier molecular flexibility index (Phi) is 3.87. The summed E-state index contributed by atoms with van der Waals surface area (Å²) in [4.78, 5) is 8.78. The van der Waals surface area contributed by atoms with Crippen LogP contribution in [0.5, 0.6) is 17.4 Å². The van der Waals surface area contributed by atoms with Crippen LogP contribution >= 0.6 is 0 Å². The van der Waals surface area contributed by atoms with E-state index < -0.39 is 0 Å². The fourth-order valence-electron chi connectivity index (χ4n) is 1.98. The Bertz CT molecular complexity index is 612. The fraction of sp³-hybridized carbons (Fsp3) is 0.333. The maximum absolute atomic E-state index is 5.77. The molecule has 6 nitrogen and oxygen atoms in total. The molecular formula is C15H18N4O2. The van der Waals surface area contributed by atoms with Crippen LogP contribution in [0.3, 0.4) is 0 Å². The highest BCUT2D eigenvalue weighted by atomic mass is 16.5. The average molecular weight is 286 g/mol. The lowest BCUT2D eigenvalue weighted by Gasteiger charge is -2.09. The van der Waals surface area contributed by atoms with Gasteiger partial charge in [0.05, 0.1) is 6.61 Å². The van der Waals surface area contributed by atoms with Gasteiger partial charge in [0.2, 0.25) is 5.88 Å². The summed E-state index contributed by atoms with van der Waals surface area (Å²) in [7, 11) is 0. The topological polar surface area (TPSA) is 82.3 Å². The van der Waals surface area contributed by atoms with Gasteiger partial charge in [0.25, 0.3) is 0 Å². The Hall–Kier alpha value is -2.34. The molecule has 3 N–H and O–H groups in total. The summed E-state index contributed by atoms with van der Waals surface area (Å²) in [5.74, 6) is 9.22. The van der Waals surface area contributed by atoms with Gasteiger partial charge in [-0.25, -0.2) is 10.8 Å². The van der Waals surface area contributed by atoms with Crippen LogP contribution in [-0.4, -0.2) is 16.6 Å². The molecule has 1 aromatic carbocycles. The van der Waals surface area contributed by atoms with E-state index in [4.69, 9.17) is 15.3 Å². The predicted octanol–water partition coefficient (Wildman–Crippen LogP) is 2.83. The Morgan fingerprint density at radius 2 is 1.90 bits per heavy atom. The van der Waals surface area contributed by atoms with E-state index in [9.17, 15) is 0 Å². The summed E-state index contributed by atoms with van der Waals surface area (Å²) in [5, 5.41) is 0. The molecule has 1 heterocycles. The van der Waals surface area contributed by atoms with E-state index in [1.54, 1.807) is 6.07 Å². The normalized spacial score (nSPS) is 13.8. The van der Waals surface area contributed by atoms with Crippen LogP contribution in [0.15, 0.2) is 30.3 Å². The van der Waals surface area contributed by atoms with Gasteiger partial charge >= 0.3 is 0 Å². The van der Waals surface area contributed by atoms with Crippen LogP contribution in [0.1, 0.15) is 31.5 Å². The molecule has 0 unspecified atom stereocenters. The van der Waals surface area contributed by atoms with E-state index in [1.807, 2.05) is 31.2 Å². The van der Waals surface area contributed by atoms with Crippen molar-refractivity contribution in [2.45, 2.75) is 25.7 Å². The number of ether oxygens (including phenoxy) is 2. The molecule has 1 aromatic heterocycles. The van der Waals surface area contributed by atoms with Crippen LogP contribution in [-0.2, 0) is 0 Å². The van der Waals surface area contributed by atoms with Crippen molar-refractivity contribution >= 4 is 5.82 Å². The molecule has 6 heteroatoms. The SMILES string of the molecule is CCOc1ccc(Oc2cc(NN)nc(C3CC3)n2)cc1. The molecule has 1 aliphatic rings. The highest BCUT2D eigenvalue weighted by molar-refractivity contribution is 5.40. The summed E-state index contributed by atoms with van der Waals surface area (Å²) in [6.07, 6.45) is 2.24. The van der Waals surface area contributed by atoms with E-state index in [1.165, 1.54) is 0 Å². The first-order valence-electron chi connectivity index (χ1n) is 7.05. The molecule has 0 spiro atoms. The third-order valence-electron chi connectivity index (χ3n) is 3.17. The number of rotatable bonds is 6. The van der Waals surface area contributed by atoms with Gasteiger partial charge in [0.15, 0.2) is 0 Å². The van der Waals surface area contributed by atoms with Gasteiger partial charge in [-0.05, 0) is 44.0 Å². The standard InChI is InChI=1S/C15H18N4O2/c1-2-20-11-5-7-12(8-6-11)21-14-9-13(19-16)17-15(18-14)10-3-4-10/h5-10H,2-4,16H2,1H3,(H,17,18,19). The first kappa shape index (κ1) is 13.6. The Morgan fingerprint density at radius 3 is 2.52 bits per heavy atom. The number of hydrogen-bond acceptors (Lipinski definition) is 6. The predicted molar refractivity (Wildman–Crippen MR) is 79.5 cm³/mol. The van der Waals surface area contributed by atoms with Crippen molar-refractivity contribution in [2.75, 3.05) is 12.0 Å². The monoisotopic (exact) mass is 286 g/mol. The third kappa shape index (κ3) is 3.41. The quantitative estimate of drug-likeness (QED) is 0.627. The summed E-state index contributed by atoms with van der Waals surface area (Å²) in [6, 6.07) is 9.11. The molecule has 0 atom stereocenters. The van der Waals surface area contributed by atoms with Gasteiger partial charge in [0, 0.05) is 12.0 Å². The lowest BCUT2D eigenvalue weighted by atomic mass is 10.3. The summed E-state index contributed by atoms with van der Waals surface area (Å²) in [6.45, 7) is 2.59. The summed E-state index contributed by atoms with van der Waals surface area (Å²) < 4.78 is 11.2. The molecule has 0 radical (unpaired) electrons. The second-order valence-corrected chi connectivity index (χ2v) is 4.87. The third-order valence-corrected chi connectivity index (χ3v) is 3.17. The van der Waals surface area contributed by atoms with Gasteiger partial charge in [-0.3, -0.25) is 0 Å². The van der Waals surface area contributed by atoms with Gasteiger partial charge in [-0.2, -0.15) is 4.98 Å². The van der Waals surface area contributed by atoms with Crippen LogP contribution in [0.25, 0.3) is 0 Å². The van der Waals surface area contributed by atoms with Crippen LogP contribution in [0.4, 0.5) is 5.82 Å². The van der Waals surface area contributed by atoms with E-state index in [-0.39, 0.29) is 0 Å². The molecule has 3 rings (SSSR count). The van der Waals surface area contributed by atoms with E-state index in [2.05, 4.69) is 15.4 Å². The molecule has 0 amide bonds. The molecule has 1 saturated carbocycles. The van der Waals surface area contributed by atoms with Crippen LogP contribution in [0.2, 0.25) is 0 Å². The van der Waals surface area contributed by atoms with Gasteiger partial charge in [0.1, 0.15) is 23.1 Å². The minimum Gasteiger partial charge on any atom is -0.494 e. The largest absolute Gasteiger partial charge is 0.494 e. The molecule has 110 valence electrons. The number of nitrogens with one attached hydrogen (secondary N) is 1. The number of hydrazine groups is 1. The van der Waals surface area contributed by atoms with Gasteiger partial charge < -0.3 is 14.9 Å². The molecule has 21 heavy (non-hydrogen) atoms. The van der Waals surface area contributed by atoms with Crippen molar-refractivity contribution in [3.8, 4) is 17.4 Å². The van der Waals surface area contributed by atoms with Crippen molar-refractivity contribution < 1.29 is 9.47 Å². The van der Waals surface area contributed by atoms with Crippen LogP contribution in [0, 0.1) is 0 Å². The Balaban J connectivity index is 1.78. The zero-order valence-corrected chi connectivity index (χ0v) is 11.9. The van der Waals surface area contributed by atoms with Gasteiger partial charge in [-0.15, -0.1) is 0 Å². The van der Waals surface area contributed by atoms with Crippen molar-refractivity contribution in [3.05, 3.63) is 36.2 Å². The molecule has 0 saturated heterocycles. The second-order valence-electron chi connectivity index (χ2n) is 4.87. The lowest BCUT2D eigenvalue weighted by Crippen LogP contribution is -2.10. The molecular weight excluding hydrogens is 268 g/mol. The number of nitrogens with two attached hydrogens (primary N) is 1. The fourth-order valence-corrected chi connectivity index (χ4v) is 1.98. The molecule has 0 aliphatic heterocycles. The summed E-state index contributed by atoms with van der Waals surface area (Å²) in [5.41, 5.74) is 2.55. The Labute approximate surface area is 123 Å². The van der Waals surface area contributed by atoms with Gasteiger partial charge in [-0.1, -0.05) is 0 Å². The van der Waals surface area contributed by atoms with Crippen LogP contribution < -0.4 is 20.7 Å². The number of nitrogens with zero attached hydrogens (tertiary/aromatic N) is 2. The number of benzene rings is 1. The number of anilines is 1. The maximum atomic E-state index is 5.77. The molecule has 1 aliphatic carbocycles. The first-order valence-corrected chi connectivity index (χ1v) is 7.05. The molecule has 0 bridgehead atoms. The smallest absolute Gasteiger partial charge is 0.224 e. The number of hydrogen-bond donors (Lipinski definition) is 2. The zero-order valence-electron chi connectivity index (χ0n) is 11.9. The number of nitrogen functional groups attached to an aromatic ring is 1. The minimum atomic E-state index is 0.431. The molecule has 1 fully saturated rings. The first-order chi connectivity index (χ1) is 10.3. The van der Waals surface area contributed by atoms with E-state index in [0.717, 1.165) is 24.4 Å². The van der Waals surface area contributed by atoms with Crippen molar-refractivity contribution in [1.82, 2.24) is 9.97 Å². The highest BCUT2D eigenvalue weighted by Crippen LogP contribution is 2.39. The Morgan fingerprint density at radius 1 is 1.19 bits per heavy atom. The van der Waals surface area contributed by atoms with E-state index >= 15 is 0 Å². The highest BCUT2D eigenvalue weighted by Gasteiger charge is 2.27. The van der Waals surface area contributed by atoms with Crippen molar-refractivity contribution in [2.24, 2.45) is 5.84 Å².